The van der Waals surface area contributed by atoms with E-state index in [-0.39, 0.29) is 28.7 Å². The number of aromatic hydroxyl groups is 1. The number of hydrazone groups is 1. The molecule has 37 heavy (non-hydrogen) atoms. The normalized spacial score (nSPS) is 11.7. The molecule has 0 saturated carbocycles. The number of rotatable bonds is 7. The van der Waals surface area contributed by atoms with Crippen molar-refractivity contribution in [2.75, 3.05) is 0 Å². The molecule has 0 aliphatic rings. The van der Waals surface area contributed by atoms with Crippen LogP contribution in [0.15, 0.2) is 84.0 Å². The molecule has 0 aliphatic heterocycles. The Hall–Kier alpha value is -4.74. The second-order valence-electron chi connectivity index (χ2n) is 8.08. The van der Waals surface area contributed by atoms with Gasteiger partial charge in [0.15, 0.2) is 0 Å². The van der Waals surface area contributed by atoms with Gasteiger partial charge < -0.3 is 10.4 Å². The fourth-order valence-electron chi connectivity index (χ4n) is 3.76. The molecule has 0 radical (unpaired) electrons. The van der Waals surface area contributed by atoms with Gasteiger partial charge in [-0.2, -0.15) is 10.4 Å². The van der Waals surface area contributed by atoms with Gasteiger partial charge in [-0.3, -0.25) is 9.59 Å². The van der Waals surface area contributed by atoms with Crippen LogP contribution in [0.25, 0.3) is 10.8 Å². The Morgan fingerprint density at radius 2 is 1.78 bits per heavy atom. The van der Waals surface area contributed by atoms with Crippen molar-refractivity contribution >= 4 is 40.4 Å². The fourth-order valence-corrected chi connectivity index (χ4v) is 3.94. The molecule has 3 N–H and O–H groups in total. The minimum Gasteiger partial charge on any atom is -0.506 e. The van der Waals surface area contributed by atoms with Gasteiger partial charge >= 0.3 is 0 Å². The van der Waals surface area contributed by atoms with Gasteiger partial charge in [0.25, 0.3) is 5.91 Å². The number of phenolic OH excluding ortho intramolecular Hbond substituents is 1. The van der Waals surface area contributed by atoms with Crippen LogP contribution in [-0.2, 0) is 11.2 Å². The summed E-state index contributed by atoms with van der Waals surface area (Å²) >= 11 is 5.85. The second kappa shape index (κ2) is 11.3. The van der Waals surface area contributed by atoms with E-state index in [4.69, 9.17) is 11.6 Å². The quantitative estimate of drug-likeness (QED) is 0.237. The predicted molar refractivity (Wildman–Crippen MR) is 139 cm³/mol. The highest BCUT2D eigenvalue weighted by molar-refractivity contribution is 6.32. The van der Waals surface area contributed by atoms with Crippen molar-refractivity contribution in [1.82, 2.24) is 10.7 Å². The summed E-state index contributed by atoms with van der Waals surface area (Å²) in [6, 6.07) is 21.6. The minimum absolute atomic E-state index is 0.0235. The Balaban J connectivity index is 1.49. The number of phenols is 1. The first-order valence-electron chi connectivity index (χ1n) is 11.1. The Labute approximate surface area is 216 Å². The molecule has 0 fully saturated rings. The van der Waals surface area contributed by atoms with E-state index in [0.717, 1.165) is 16.3 Å². The minimum atomic E-state index is -0.905. The van der Waals surface area contributed by atoms with Gasteiger partial charge in [0.05, 0.1) is 23.7 Å². The standard InChI is InChI=1S/C28H20ClFN4O3/c29-24-13-19(9-12-26(24)35)28(37)34-32-16-20-6-5-18(22-3-1-2-4-23(20)22)14-27(36)33-25(15-31)17-7-10-21(30)11-8-17/h1-13,16,25,35H,14H2,(H,33,36)(H,34,37). The Kier molecular flexibility index (Phi) is 7.77. The van der Waals surface area contributed by atoms with Crippen LogP contribution in [0.3, 0.4) is 0 Å². The van der Waals surface area contributed by atoms with Crippen molar-refractivity contribution in [1.29, 1.82) is 5.26 Å². The molecule has 0 spiro atoms. The number of nitriles is 1. The summed E-state index contributed by atoms with van der Waals surface area (Å²) in [5, 5.41) is 27.4. The van der Waals surface area contributed by atoms with Crippen LogP contribution in [0.1, 0.15) is 33.1 Å². The molecular weight excluding hydrogens is 495 g/mol. The van der Waals surface area contributed by atoms with E-state index >= 15 is 0 Å². The van der Waals surface area contributed by atoms with Gasteiger partial charge in [-0.1, -0.05) is 60.1 Å². The van der Waals surface area contributed by atoms with Crippen molar-refractivity contribution in [2.24, 2.45) is 5.10 Å². The average Bonchev–Trinajstić information content (AvgIpc) is 2.90. The Bertz CT molecular complexity index is 1550. The van der Waals surface area contributed by atoms with Gasteiger partial charge in [0, 0.05) is 11.1 Å². The third-order valence-corrected chi connectivity index (χ3v) is 5.92. The van der Waals surface area contributed by atoms with E-state index in [1.807, 2.05) is 30.3 Å². The average molecular weight is 515 g/mol. The lowest BCUT2D eigenvalue weighted by Gasteiger charge is -2.13. The van der Waals surface area contributed by atoms with Crippen molar-refractivity contribution in [2.45, 2.75) is 12.5 Å². The molecule has 7 nitrogen and oxygen atoms in total. The number of amides is 2. The van der Waals surface area contributed by atoms with Crippen LogP contribution >= 0.6 is 11.6 Å². The van der Waals surface area contributed by atoms with Crippen LogP contribution in [0.4, 0.5) is 4.39 Å². The summed E-state index contributed by atoms with van der Waals surface area (Å²) in [6.45, 7) is 0. The molecule has 4 aromatic carbocycles. The van der Waals surface area contributed by atoms with Crippen molar-refractivity contribution in [3.05, 3.63) is 112 Å². The van der Waals surface area contributed by atoms with Crippen LogP contribution in [0.2, 0.25) is 5.02 Å². The lowest BCUT2D eigenvalue weighted by molar-refractivity contribution is -0.120. The molecule has 0 bridgehead atoms. The summed E-state index contributed by atoms with van der Waals surface area (Å²) in [4.78, 5) is 25.1. The smallest absolute Gasteiger partial charge is 0.271 e. The van der Waals surface area contributed by atoms with Gasteiger partial charge in [0.2, 0.25) is 5.91 Å². The molecule has 9 heteroatoms. The molecule has 0 aliphatic carbocycles. The zero-order chi connectivity index (χ0) is 26.4. The summed E-state index contributed by atoms with van der Waals surface area (Å²) in [6.07, 6.45) is 1.52. The number of carbonyl (C=O) groups excluding carboxylic acids is 2. The number of halogens is 2. The largest absolute Gasteiger partial charge is 0.506 e. The van der Waals surface area contributed by atoms with Crippen molar-refractivity contribution < 1.29 is 19.1 Å². The van der Waals surface area contributed by atoms with Gasteiger partial charge in [-0.15, -0.1) is 0 Å². The number of nitrogens with zero attached hydrogens (tertiary/aromatic N) is 2. The first-order chi connectivity index (χ1) is 17.9. The number of hydrogen-bond acceptors (Lipinski definition) is 5. The molecular formula is C28H20ClFN4O3. The lowest BCUT2D eigenvalue weighted by atomic mass is 9.97. The van der Waals surface area contributed by atoms with E-state index in [2.05, 4.69) is 15.8 Å². The van der Waals surface area contributed by atoms with E-state index in [1.165, 1.54) is 48.7 Å². The molecule has 4 aromatic rings. The van der Waals surface area contributed by atoms with E-state index in [0.29, 0.717) is 11.1 Å². The van der Waals surface area contributed by atoms with Crippen LogP contribution in [0, 0.1) is 17.1 Å². The maximum atomic E-state index is 13.2. The highest BCUT2D eigenvalue weighted by Crippen LogP contribution is 2.24. The van der Waals surface area contributed by atoms with Gasteiger partial charge in [-0.25, -0.2) is 9.82 Å². The summed E-state index contributed by atoms with van der Waals surface area (Å²) in [5.41, 5.74) is 4.61. The monoisotopic (exact) mass is 514 g/mol. The Morgan fingerprint density at radius 1 is 1.05 bits per heavy atom. The molecule has 184 valence electrons. The highest BCUT2D eigenvalue weighted by atomic mass is 35.5. The fraction of sp³-hybridized carbons (Fsp3) is 0.0714. The molecule has 0 heterocycles. The first kappa shape index (κ1) is 25.4. The summed E-state index contributed by atoms with van der Waals surface area (Å²) in [5.74, 6) is -1.40. The molecule has 0 aromatic heterocycles. The van der Waals surface area contributed by atoms with E-state index in [1.54, 1.807) is 12.1 Å². The number of benzene rings is 4. The molecule has 2 amide bonds. The van der Waals surface area contributed by atoms with Crippen molar-refractivity contribution in [3.8, 4) is 11.8 Å². The van der Waals surface area contributed by atoms with Crippen LogP contribution in [0.5, 0.6) is 5.75 Å². The van der Waals surface area contributed by atoms with Crippen molar-refractivity contribution in [3.63, 3.8) is 0 Å². The summed E-state index contributed by atoms with van der Waals surface area (Å²) < 4.78 is 13.2. The predicted octanol–water partition coefficient (Wildman–Crippen LogP) is 5.03. The lowest BCUT2D eigenvalue weighted by Crippen LogP contribution is -2.29. The van der Waals surface area contributed by atoms with Crippen LogP contribution < -0.4 is 10.7 Å². The SMILES string of the molecule is N#CC(NC(=O)Cc1ccc(C=NNC(=O)c2ccc(O)c(Cl)c2)c2ccccc12)c1ccc(F)cc1. The molecule has 4 rings (SSSR count). The third kappa shape index (κ3) is 6.10. The molecule has 0 saturated heterocycles. The number of fused-ring (bicyclic) bond motifs is 1. The van der Waals surface area contributed by atoms with Gasteiger partial charge in [0.1, 0.15) is 17.6 Å². The Morgan fingerprint density at radius 3 is 2.49 bits per heavy atom. The number of nitrogens with one attached hydrogen (secondary N) is 2. The topological polar surface area (TPSA) is 115 Å². The second-order valence-corrected chi connectivity index (χ2v) is 8.49. The maximum Gasteiger partial charge on any atom is 0.271 e. The van der Waals surface area contributed by atoms with E-state index in [9.17, 15) is 24.3 Å². The van der Waals surface area contributed by atoms with Crippen LogP contribution in [-0.4, -0.2) is 23.1 Å². The van der Waals surface area contributed by atoms with Gasteiger partial charge in [-0.05, 0) is 52.2 Å². The highest BCUT2D eigenvalue weighted by Gasteiger charge is 2.16. The first-order valence-corrected chi connectivity index (χ1v) is 11.5. The molecule has 1 unspecified atom stereocenters. The zero-order valence-corrected chi connectivity index (χ0v) is 20.0. The third-order valence-electron chi connectivity index (χ3n) is 5.62. The zero-order valence-electron chi connectivity index (χ0n) is 19.3. The number of carbonyl (C=O) groups is 2. The van der Waals surface area contributed by atoms with E-state index < -0.39 is 17.8 Å². The maximum absolute atomic E-state index is 13.2. The number of hydrogen-bond donors (Lipinski definition) is 3. The molecule has 1 atom stereocenters. The summed E-state index contributed by atoms with van der Waals surface area (Å²) in [7, 11) is 0.